The predicted molar refractivity (Wildman–Crippen MR) is 94.9 cm³/mol. The highest BCUT2D eigenvalue weighted by atomic mass is 16.5. The van der Waals surface area contributed by atoms with Crippen LogP contribution in [-0.2, 0) is 11.2 Å². The highest BCUT2D eigenvalue weighted by Crippen LogP contribution is 2.35. The smallest absolute Gasteiger partial charge is 0.262 e. The number of hydrogen-bond acceptors (Lipinski definition) is 4. The van der Waals surface area contributed by atoms with Crippen molar-refractivity contribution in [2.24, 2.45) is 0 Å². The first-order valence-corrected chi connectivity index (χ1v) is 8.38. The third kappa shape index (κ3) is 3.88. The minimum Gasteiger partial charge on any atom is -0.483 e. The number of anilines is 1. The second-order valence-corrected chi connectivity index (χ2v) is 6.17. The van der Waals surface area contributed by atoms with Gasteiger partial charge in [0.1, 0.15) is 5.75 Å². The predicted octanol–water partition coefficient (Wildman–Crippen LogP) is 3.28. The molecule has 1 aliphatic carbocycles. The Morgan fingerprint density at radius 2 is 2.00 bits per heavy atom. The minimum absolute atomic E-state index is 0.108. The number of ketones is 1. The third-order valence-corrected chi connectivity index (χ3v) is 4.37. The van der Waals surface area contributed by atoms with E-state index in [-0.39, 0.29) is 18.3 Å². The Kier molecular flexibility index (Phi) is 5.14. The summed E-state index contributed by atoms with van der Waals surface area (Å²) in [6, 6.07) is 12.4. The topological polar surface area (TPSA) is 75.6 Å². The molecule has 3 rings (SSSR count). The maximum absolute atomic E-state index is 12.2. The highest BCUT2D eigenvalue weighted by molar-refractivity contribution is 6.03. The average Bonchev–Trinajstić information content (AvgIpc) is 2.60. The molecule has 1 unspecified atom stereocenters. The van der Waals surface area contributed by atoms with Gasteiger partial charge >= 0.3 is 0 Å². The molecule has 0 aromatic heterocycles. The average molecular weight is 339 g/mol. The van der Waals surface area contributed by atoms with E-state index < -0.39 is 6.10 Å². The van der Waals surface area contributed by atoms with Crippen LogP contribution in [0.5, 0.6) is 5.75 Å². The van der Waals surface area contributed by atoms with Crippen LogP contribution in [0.25, 0.3) is 0 Å². The molecule has 5 heteroatoms. The standard InChI is InChI=1S/C20H21NO4/c1-13(22)14-6-2-3-9-17(14)21-20(24)12-25-19-11-5-7-15-16(19)8-4-10-18(15)23/h2-3,5-7,9,11,18,23H,4,8,10,12H2,1H3,(H,21,24). The molecule has 0 bridgehead atoms. The fraction of sp³-hybridized carbons (Fsp3) is 0.300. The van der Waals surface area contributed by atoms with E-state index in [1.54, 1.807) is 24.3 Å². The van der Waals surface area contributed by atoms with Crippen LogP contribution >= 0.6 is 0 Å². The molecule has 130 valence electrons. The number of carbonyl (C=O) groups is 2. The Morgan fingerprint density at radius 3 is 2.80 bits per heavy atom. The number of ether oxygens (including phenoxy) is 1. The molecule has 2 aromatic carbocycles. The second-order valence-electron chi connectivity index (χ2n) is 6.17. The van der Waals surface area contributed by atoms with Gasteiger partial charge in [0.15, 0.2) is 12.4 Å². The first-order chi connectivity index (χ1) is 12.1. The summed E-state index contributed by atoms with van der Waals surface area (Å²) >= 11 is 0. The van der Waals surface area contributed by atoms with E-state index in [4.69, 9.17) is 4.74 Å². The number of carbonyl (C=O) groups excluding carboxylic acids is 2. The molecule has 1 amide bonds. The van der Waals surface area contributed by atoms with Crippen LogP contribution in [0.2, 0.25) is 0 Å². The van der Waals surface area contributed by atoms with E-state index in [0.29, 0.717) is 17.0 Å². The SMILES string of the molecule is CC(=O)c1ccccc1NC(=O)COc1cccc2c1CCCC2O. The van der Waals surface area contributed by atoms with Crippen molar-refractivity contribution < 1.29 is 19.4 Å². The number of Topliss-reactive ketones (excluding diaryl/α,β-unsaturated/α-hetero) is 1. The number of aliphatic hydroxyl groups excluding tert-OH is 1. The van der Waals surface area contributed by atoms with Crippen molar-refractivity contribution in [3.63, 3.8) is 0 Å². The lowest BCUT2D eigenvalue weighted by atomic mass is 9.89. The maximum atomic E-state index is 12.2. The van der Waals surface area contributed by atoms with Crippen LogP contribution < -0.4 is 10.1 Å². The number of para-hydroxylation sites is 1. The lowest BCUT2D eigenvalue weighted by Crippen LogP contribution is -2.22. The van der Waals surface area contributed by atoms with Gasteiger partial charge in [0.2, 0.25) is 0 Å². The molecule has 2 aromatic rings. The molecule has 25 heavy (non-hydrogen) atoms. The van der Waals surface area contributed by atoms with Crippen molar-refractivity contribution in [3.8, 4) is 5.75 Å². The molecule has 0 saturated carbocycles. The van der Waals surface area contributed by atoms with Crippen LogP contribution in [0.1, 0.15) is 47.4 Å². The summed E-state index contributed by atoms with van der Waals surface area (Å²) in [7, 11) is 0. The normalized spacial score (nSPS) is 16.0. The number of amides is 1. The largest absolute Gasteiger partial charge is 0.483 e. The zero-order valence-electron chi connectivity index (χ0n) is 14.1. The number of rotatable bonds is 5. The van der Waals surface area contributed by atoms with Gasteiger partial charge in [-0.15, -0.1) is 0 Å². The second kappa shape index (κ2) is 7.49. The van der Waals surface area contributed by atoms with Gasteiger partial charge in [-0.25, -0.2) is 0 Å². The molecule has 0 saturated heterocycles. The van der Waals surface area contributed by atoms with Crippen molar-refractivity contribution in [1.29, 1.82) is 0 Å². The maximum Gasteiger partial charge on any atom is 0.262 e. The summed E-state index contributed by atoms with van der Waals surface area (Å²) < 4.78 is 5.68. The van der Waals surface area contributed by atoms with Crippen LogP contribution in [0, 0.1) is 0 Å². The Labute approximate surface area is 146 Å². The van der Waals surface area contributed by atoms with E-state index in [1.807, 2.05) is 18.2 Å². The van der Waals surface area contributed by atoms with Crippen molar-refractivity contribution in [2.45, 2.75) is 32.3 Å². The van der Waals surface area contributed by atoms with Crippen molar-refractivity contribution >= 4 is 17.4 Å². The summed E-state index contributed by atoms with van der Waals surface area (Å²) in [6.07, 6.45) is 2.01. The molecule has 1 atom stereocenters. The molecule has 0 heterocycles. The Balaban J connectivity index is 1.68. The molecule has 2 N–H and O–H groups in total. The van der Waals surface area contributed by atoms with Crippen LogP contribution in [-0.4, -0.2) is 23.4 Å². The molecule has 1 aliphatic rings. The fourth-order valence-electron chi connectivity index (χ4n) is 3.15. The summed E-state index contributed by atoms with van der Waals surface area (Å²) in [6.45, 7) is 1.31. The zero-order chi connectivity index (χ0) is 17.8. The monoisotopic (exact) mass is 339 g/mol. The van der Waals surface area contributed by atoms with Gasteiger partial charge in [-0.3, -0.25) is 9.59 Å². The fourth-order valence-corrected chi connectivity index (χ4v) is 3.15. The van der Waals surface area contributed by atoms with Crippen LogP contribution in [0.4, 0.5) is 5.69 Å². The Morgan fingerprint density at radius 1 is 1.20 bits per heavy atom. The van der Waals surface area contributed by atoms with E-state index in [9.17, 15) is 14.7 Å². The summed E-state index contributed by atoms with van der Waals surface area (Å²) in [5.41, 5.74) is 2.80. The van der Waals surface area contributed by atoms with E-state index in [1.165, 1.54) is 6.92 Å². The van der Waals surface area contributed by atoms with Gasteiger partial charge in [0.25, 0.3) is 5.91 Å². The molecular weight excluding hydrogens is 318 g/mol. The molecule has 5 nitrogen and oxygen atoms in total. The van der Waals surface area contributed by atoms with E-state index >= 15 is 0 Å². The van der Waals surface area contributed by atoms with E-state index in [2.05, 4.69) is 5.32 Å². The number of nitrogens with one attached hydrogen (secondary N) is 1. The number of fused-ring (bicyclic) bond motifs is 1. The molecule has 0 spiro atoms. The summed E-state index contributed by atoms with van der Waals surface area (Å²) in [5, 5.41) is 12.8. The first-order valence-electron chi connectivity index (χ1n) is 8.38. The highest BCUT2D eigenvalue weighted by Gasteiger charge is 2.21. The lowest BCUT2D eigenvalue weighted by molar-refractivity contribution is -0.118. The van der Waals surface area contributed by atoms with Gasteiger partial charge in [-0.1, -0.05) is 24.3 Å². The van der Waals surface area contributed by atoms with E-state index in [0.717, 1.165) is 30.4 Å². The minimum atomic E-state index is -0.469. The first kappa shape index (κ1) is 17.2. The Bertz CT molecular complexity index is 800. The Hall–Kier alpha value is -2.66. The summed E-state index contributed by atoms with van der Waals surface area (Å²) in [5.74, 6) is 0.192. The van der Waals surface area contributed by atoms with Crippen molar-refractivity contribution in [3.05, 3.63) is 59.2 Å². The van der Waals surface area contributed by atoms with Crippen molar-refractivity contribution in [1.82, 2.24) is 0 Å². The quantitative estimate of drug-likeness (QED) is 0.820. The van der Waals surface area contributed by atoms with Crippen LogP contribution in [0.3, 0.4) is 0 Å². The van der Waals surface area contributed by atoms with Crippen LogP contribution in [0.15, 0.2) is 42.5 Å². The molecule has 0 radical (unpaired) electrons. The third-order valence-electron chi connectivity index (χ3n) is 4.37. The zero-order valence-corrected chi connectivity index (χ0v) is 14.1. The number of aliphatic hydroxyl groups is 1. The molecular formula is C20H21NO4. The summed E-state index contributed by atoms with van der Waals surface area (Å²) in [4.78, 5) is 23.8. The van der Waals surface area contributed by atoms with Gasteiger partial charge in [-0.2, -0.15) is 0 Å². The van der Waals surface area contributed by atoms with Crippen molar-refractivity contribution in [2.75, 3.05) is 11.9 Å². The number of benzene rings is 2. The molecule has 0 fully saturated rings. The van der Waals surface area contributed by atoms with Gasteiger partial charge in [0, 0.05) is 5.56 Å². The lowest BCUT2D eigenvalue weighted by Gasteiger charge is -2.23. The van der Waals surface area contributed by atoms with Gasteiger partial charge < -0.3 is 15.2 Å². The molecule has 0 aliphatic heterocycles. The number of hydrogen-bond donors (Lipinski definition) is 2. The van der Waals surface area contributed by atoms with Gasteiger partial charge in [0.05, 0.1) is 11.8 Å². The van der Waals surface area contributed by atoms with Gasteiger partial charge in [-0.05, 0) is 55.5 Å².